The largest absolute Gasteiger partial charge is 0.386 e. The molecular weight excluding hydrogens is 319 g/mol. The van der Waals surface area contributed by atoms with Crippen molar-refractivity contribution < 1.29 is 17.5 Å². The Bertz CT molecular complexity index is 775. The Balaban J connectivity index is 2.32. The number of hydrogen-bond donors (Lipinski definition) is 1. The molecule has 2 aliphatic rings. The van der Waals surface area contributed by atoms with Gasteiger partial charge in [-0.1, -0.05) is 18.2 Å². The predicted molar refractivity (Wildman–Crippen MR) is 86.5 cm³/mol. The molecule has 3 rings (SSSR count). The lowest BCUT2D eigenvalue weighted by Crippen LogP contribution is -2.64. The maximum Gasteiger partial charge on any atom is 0.168 e. The lowest BCUT2D eigenvalue weighted by Gasteiger charge is -2.49. The monoisotopic (exact) mass is 340 g/mol. The quantitative estimate of drug-likeness (QED) is 0.844. The van der Waals surface area contributed by atoms with Crippen LogP contribution in [0.2, 0.25) is 0 Å². The number of rotatable bonds is 1. The fraction of sp³-hybridized carbons (Fsp3) is 0.562. The van der Waals surface area contributed by atoms with Crippen LogP contribution in [0.3, 0.4) is 0 Å². The van der Waals surface area contributed by atoms with Gasteiger partial charge in [0.25, 0.3) is 0 Å². The molecule has 5 nitrogen and oxygen atoms in total. The fourth-order valence-electron chi connectivity index (χ4n) is 3.39. The smallest absolute Gasteiger partial charge is 0.168 e. The summed E-state index contributed by atoms with van der Waals surface area (Å²) >= 11 is 0. The van der Waals surface area contributed by atoms with E-state index in [1.54, 1.807) is 32.0 Å². The van der Waals surface area contributed by atoms with Crippen molar-refractivity contribution in [3.63, 3.8) is 0 Å². The van der Waals surface area contributed by atoms with E-state index in [-0.39, 0.29) is 30.5 Å². The third-order valence-corrected chi connectivity index (χ3v) is 7.99. The molecule has 7 heteroatoms. The molecule has 0 aromatic heterocycles. The molecule has 2 heterocycles. The molecule has 1 fully saturated rings. The SMILES string of the molecule is C[C@@H]1C[C@@H]2[C@](c3ccccc3F)(CO1)N=C(N)C(C)(C)S2(=O)=O. The van der Waals surface area contributed by atoms with Crippen LogP contribution >= 0.6 is 0 Å². The molecule has 23 heavy (non-hydrogen) atoms. The lowest BCUT2D eigenvalue weighted by atomic mass is 9.82. The Labute approximate surface area is 135 Å². The highest BCUT2D eigenvalue weighted by Crippen LogP contribution is 2.47. The Morgan fingerprint density at radius 2 is 2.00 bits per heavy atom. The fourth-order valence-corrected chi connectivity index (χ4v) is 5.72. The van der Waals surface area contributed by atoms with Crippen LogP contribution in [0, 0.1) is 5.82 Å². The Kier molecular flexibility index (Phi) is 3.57. The van der Waals surface area contributed by atoms with E-state index in [2.05, 4.69) is 4.99 Å². The average molecular weight is 340 g/mol. The van der Waals surface area contributed by atoms with E-state index in [1.807, 2.05) is 6.92 Å². The molecule has 1 aromatic carbocycles. The van der Waals surface area contributed by atoms with Crippen molar-refractivity contribution in [3.05, 3.63) is 35.6 Å². The number of hydrogen-bond acceptors (Lipinski definition) is 5. The zero-order valence-corrected chi connectivity index (χ0v) is 14.2. The highest BCUT2D eigenvalue weighted by molar-refractivity contribution is 7.94. The standard InChI is InChI=1S/C16H21FN2O3S/c1-10-8-13-16(9-22-10,11-6-4-5-7-12(11)17)19-14(18)15(2,3)23(13,20)21/h4-7,10,13H,8-9H2,1-3H3,(H2,18,19)/t10-,13-,16-/m1/s1. The van der Waals surface area contributed by atoms with Crippen molar-refractivity contribution >= 4 is 15.7 Å². The molecular formula is C16H21FN2O3S. The van der Waals surface area contributed by atoms with E-state index >= 15 is 0 Å². The topological polar surface area (TPSA) is 81.8 Å². The first-order valence-corrected chi connectivity index (χ1v) is 9.13. The summed E-state index contributed by atoms with van der Waals surface area (Å²) in [6.07, 6.45) is 0.0247. The molecule has 2 aliphatic heterocycles. The van der Waals surface area contributed by atoms with Gasteiger partial charge in [0.15, 0.2) is 9.84 Å². The third kappa shape index (κ3) is 2.13. The predicted octanol–water partition coefficient (Wildman–Crippen LogP) is 1.76. The van der Waals surface area contributed by atoms with E-state index in [0.717, 1.165) is 0 Å². The number of ether oxygens (including phenoxy) is 1. The van der Waals surface area contributed by atoms with Gasteiger partial charge in [-0.2, -0.15) is 0 Å². The number of amidine groups is 1. The first-order chi connectivity index (χ1) is 10.6. The van der Waals surface area contributed by atoms with Crippen molar-refractivity contribution in [2.24, 2.45) is 10.7 Å². The van der Waals surface area contributed by atoms with Gasteiger partial charge >= 0.3 is 0 Å². The van der Waals surface area contributed by atoms with Crippen LogP contribution in [0.15, 0.2) is 29.3 Å². The molecule has 1 aromatic rings. The number of sulfone groups is 1. The van der Waals surface area contributed by atoms with Gasteiger partial charge in [0.05, 0.1) is 18.0 Å². The summed E-state index contributed by atoms with van der Waals surface area (Å²) in [5.74, 6) is -0.503. The minimum atomic E-state index is -3.67. The van der Waals surface area contributed by atoms with Crippen LogP contribution in [0.25, 0.3) is 0 Å². The normalized spacial score (nSPS) is 35.2. The van der Waals surface area contributed by atoms with Gasteiger partial charge < -0.3 is 10.5 Å². The van der Waals surface area contributed by atoms with Crippen LogP contribution in [-0.2, 0) is 20.1 Å². The zero-order chi connectivity index (χ0) is 17.0. The van der Waals surface area contributed by atoms with Gasteiger partial charge in [-0.3, -0.25) is 4.99 Å². The van der Waals surface area contributed by atoms with E-state index < -0.39 is 31.2 Å². The highest BCUT2D eigenvalue weighted by atomic mass is 32.2. The minimum Gasteiger partial charge on any atom is -0.386 e. The van der Waals surface area contributed by atoms with Crippen molar-refractivity contribution in [1.29, 1.82) is 0 Å². The van der Waals surface area contributed by atoms with E-state index in [1.165, 1.54) is 6.07 Å². The van der Waals surface area contributed by atoms with Gasteiger partial charge in [0.2, 0.25) is 0 Å². The Morgan fingerprint density at radius 1 is 1.35 bits per heavy atom. The molecule has 2 N–H and O–H groups in total. The van der Waals surface area contributed by atoms with Crippen LogP contribution in [-0.4, -0.2) is 37.0 Å². The van der Waals surface area contributed by atoms with Gasteiger partial charge in [-0.15, -0.1) is 0 Å². The summed E-state index contributed by atoms with van der Waals surface area (Å²) in [7, 11) is -3.67. The van der Waals surface area contributed by atoms with Gasteiger partial charge in [-0.25, -0.2) is 12.8 Å². The second kappa shape index (κ2) is 5.01. The van der Waals surface area contributed by atoms with Crippen molar-refractivity contribution in [3.8, 4) is 0 Å². The van der Waals surface area contributed by atoms with E-state index in [0.29, 0.717) is 0 Å². The maximum atomic E-state index is 14.4. The zero-order valence-electron chi connectivity index (χ0n) is 13.4. The lowest BCUT2D eigenvalue weighted by molar-refractivity contribution is -0.0180. The molecule has 3 atom stereocenters. The third-order valence-electron chi connectivity index (χ3n) is 5.03. The van der Waals surface area contributed by atoms with Crippen LogP contribution in [0.5, 0.6) is 0 Å². The summed E-state index contributed by atoms with van der Waals surface area (Å²) in [5, 5.41) is -0.863. The summed E-state index contributed by atoms with van der Waals surface area (Å²) in [4.78, 5) is 4.50. The number of nitrogens with two attached hydrogens (primary N) is 1. The molecule has 1 saturated heterocycles. The summed E-state index contributed by atoms with van der Waals surface area (Å²) in [6.45, 7) is 4.91. The number of benzene rings is 1. The highest BCUT2D eigenvalue weighted by Gasteiger charge is 2.61. The molecule has 0 saturated carbocycles. The van der Waals surface area contributed by atoms with E-state index in [9.17, 15) is 12.8 Å². The van der Waals surface area contributed by atoms with Crippen molar-refractivity contribution in [1.82, 2.24) is 0 Å². The summed E-state index contributed by atoms with van der Waals surface area (Å²) in [6, 6.07) is 6.09. The molecule has 126 valence electrons. The molecule has 0 radical (unpaired) electrons. The minimum absolute atomic E-state index is 0.00419. The molecule has 0 unspecified atom stereocenters. The Hall–Kier alpha value is -1.47. The molecule has 0 aliphatic carbocycles. The summed E-state index contributed by atoms with van der Waals surface area (Å²) in [5.41, 5.74) is 4.89. The first kappa shape index (κ1) is 16.4. The number of nitrogens with zero attached hydrogens (tertiary/aromatic N) is 1. The molecule has 0 spiro atoms. The van der Waals surface area contributed by atoms with Crippen LogP contribution < -0.4 is 5.73 Å². The van der Waals surface area contributed by atoms with Crippen molar-refractivity contribution in [2.45, 2.75) is 48.8 Å². The van der Waals surface area contributed by atoms with Gasteiger partial charge in [0.1, 0.15) is 21.9 Å². The van der Waals surface area contributed by atoms with Gasteiger partial charge in [0, 0.05) is 5.56 Å². The summed E-state index contributed by atoms with van der Waals surface area (Å²) < 4.78 is 45.2. The van der Waals surface area contributed by atoms with E-state index in [4.69, 9.17) is 10.5 Å². The van der Waals surface area contributed by atoms with Crippen LogP contribution in [0.1, 0.15) is 32.8 Å². The number of fused-ring (bicyclic) bond motifs is 1. The maximum absolute atomic E-state index is 14.4. The molecule has 0 amide bonds. The second-order valence-electron chi connectivity index (χ2n) is 6.80. The molecule has 0 bridgehead atoms. The first-order valence-electron chi connectivity index (χ1n) is 7.59. The average Bonchev–Trinajstić information content (AvgIpc) is 2.48. The number of halogens is 1. The second-order valence-corrected chi connectivity index (χ2v) is 9.48. The Morgan fingerprint density at radius 3 is 2.65 bits per heavy atom. The van der Waals surface area contributed by atoms with Crippen LogP contribution in [0.4, 0.5) is 4.39 Å². The number of aliphatic imine (C=N–C) groups is 1. The van der Waals surface area contributed by atoms with Gasteiger partial charge in [-0.05, 0) is 33.3 Å². The van der Waals surface area contributed by atoms with Crippen molar-refractivity contribution in [2.75, 3.05) is 6.61 Å².